The first-order valence-electron chi connectivity index (χ1n) is 9.79. The topological polar surface area (TPSA) is 125 Å². The average molecular weight is 405 g/mol. The number of para-hydroxylation sites is 2. The predicted octanol–water partition coefficient (Wildman–Crippen LogP) is 0.463. The van der Waals surface area contributed by atoms with Crippen LogP contribution in [-0.2, 0) is 6.54 Å². The highest BCUT2D eigenvalue weighted by Crippen LogP contribution is 2.28. The molecule has 0 spiro atoms. The molecular formula is C21H32N4O4. The van der Waals surface area contributed by atoms with Crippen molar-refractivity contribution in [3.63, 3.8) is 0 Å². The Morgan fingerprint density at radius 2 is 1.28 bits per heavy atom. The lowest BCUT2D eigenvalue weighted by Gasteiger charge is -2.28. The molecule has 0 heterocycles. The molecule has 0 bridgehead atoms. The van der Waals surface area contributed by atoms with Gasteiger partial charge in [-0.2, -0.15) is 0 Å². The minimum Gasteiger partial charge on any atom is -0.399 e. The first-order chi connectivity index (χ1) is 14.1. The maximum atomic E-state index is 9.37. The molecule has 0 saturated heterocycles. The van der Waals surface area contributed by atoms with Gasteiger partial charge in [-0.1, -0.05) is 12.1 Å². The summed E-state index contributed by atoms with van der Waals surface area (Å²) in [6, 6.07) is 13.3. The van der Waals surface area contributed by atoms with E-state index in [-0.39, 0.29) is 26.4 Å². The van der Waals surface area contributed by atoms with Crippen molar-refractivity contribution in [1.29, 1.82) is 0 Å². The van der Waals surface area contributed by atoms with E-state index in [0.717, 1.165) is 22.6 Å². The van der Waals surface area contributed by atoms with Crippen molar-refractivity contribution >= 4 is 22.7 Å². The Hall–Kier alpha value is -2.52. The van der Waals surface area contributed by atoms with Crippen molar-refractivity contribution in [3.05, 3.63) is 48.0 Å². The van der Waals surface area contributed by atoms with Gasteiger partial charge in [0.1, 0.15) is 0 Å². The van der Waals surface area contributed by atoms with Gasteiger partial charge in [-0.05, 0) is 35.9 Å². The zero-order valence-corrected chi connectivity index (χ0v) is 16.7. The van der Waals surface area contributed by atoms with E-state index in [9.17, 15) is 20.4 Å². The van der Waals surface area contributed by atoms with E-state index in [1.807, 2.05) is 46.2 Å². The van der Waals surface area contributed by atoms with Gasteiger partial charge in [0.05, 0.1) is 37.8 Å². The summed E-state index contributed by atoms with van der Waals surface area (Å²) in [5, 5.41) is 40.9. The maximum Gasteiger partial charge on any atom is 0.0606 e. The van der Waals surface area contributed by atoms with Crippen LogP contribution in [-0.4, -0.2) is 73.0 Å². The van der Waals surface area contributed by atoms with Gasteiger partial charge in [0.25, 0.3) is 0 Å². The summed E-state index contributed by atoms with van der Waals surface area (Å²) in [5.74, 6) is 0. The first-order valence-corrected chi connectivity index (χ1v) is 9.79. The normalized spacial score (nSPS) is 10.8. The van der Waals surface area contributed by atoms with Crippen molar-refractivity contribution < 1.29 is 20.4 Å². The summed E-state index contributed by atoms with van der Waals surface area (Å²) in [6.07, 6.45) is 0. The van der Waals surface area contributed by atoms with E-state index >= 15 is 0 Å². The molecule has 0 saturated carbocycles. The number of aliphatic hydroxyl groups is 4. The van der Waals surface area contributed by atoms with Crippen LogP contribution in [0.1, 0.15) is 5.56 Å². The Morgan fingerprint density at radius 1 is 0.724 bits per heavy atom. The molecule has 0 aliphatic rings. The van der Waals surface area contributed by atoms with E-state index < -0.39 is 0 Å². The fraction of sp³-hybridized carbons (Fsp3) is 0.429. The van der Waals surface area contributed by atoms with Crippen LogP contribution in [0.5, 0.6) is 0 Å². The standard InChI is InChI=1S/C21H32N4O4/c22-18-5-6-20(24(7-11-26)8-12-27)17(15-18)16-23-19-3-1-2-4-21(19)25(9-13-28)10-14-29/h1-6,15,23,26-29H,7-14,16,22H2. The van der Waals surface area contributed by atoms with Crippen LogP contribution in [0.4, 0.5) is 22.7 Å². The van der Waals surface area contributed by atoms with E-state index in [4.69, 9.17) is 5.73 Å². The smallest absolute Gasteiger partial charge is 0.0606 e. The summed E-state index contributed by atoms with van der Waals surface area (Å²) in [5.41, 5.74) is 10.2. The zero-order chi connectivity index (χ0) is 21.1. The van der Waals surface area contributed by atoms with Crippen LogP contribution in [0.2, 0.25) is 0 Å². The highest BCUT2D eigenvalue weighted by Gasteiger charge is 2.14. The number of hydrogen-bond donors (Lipinski definition) is 6. The molecule has 2 aromatic carbocycles. The van der Waals surface area contributed by atoms with Crippen molar-refractivity contribution in [2.24, 2.45) is 0 Å². The summed E-state index contributed by atoms with van der Waals surface area (Å²) >= 11 is 0. The molecule has 2 rings (SSSR count). The molecule has 0 atom stereocenters. The van der Waals surface area contributed by atoms with E-state index in [1.165, 1.54) is 0 Å². The molecule has 7 N–H and O–H groups in total. The van der Waals surface area contributed by atoms with Gasteiger partial charge >= 0.3 is 0 Å². The molecule has 0 aliphatic carbocycles. The second kappa shape index (κ2) is 12.1. The number of nitrogens with zero attached hydrogens (tertiary/aromatic N) is 2. The monoisotopic (exact) mass is 404 g/mol. The van der Waals surface area contributed by atoms with Crippen LogP contribution in [0, 0.1) is 0 Å². The predicted molar refractivity (Wildman–Crippen MR) is 117 cm³/mol. The molecule has 0 aliphatic heterocycles. The number of nitrogens with two attached hydrogens (primary N) is 1. The lowest BCUT2D eigenvalue weighted by atomic mass is 10.1. The number of nitrogens with one attached hydrogen (secondary N) is 1. The Kier molecular flexibility index (Phi) is 9.52. The quantitative estimate of drug-likeness (QED) is 0.266. The van der Waals surface area contributed by atoms with Crippen LogP contribution in [0.3, 0.4) is 0 Å². The molecule has 8 heteroatoms. The van der Waals surface area contributed by atoms with Crippen LogP contribution < -0.4 is 20.9 Å². The molecule has 2 aromatic rings. The van der Waals surface area contributed by atoms with Crippen molar-refractivity contribution in [1.82, 2.24) is 0 Å². The van der Waals surface area contributed by atoms with Crippen LogP contribution in [0.15, 0.2) is 42.5 Å². The molecule has 0 amide bonds. The summed E-state index contributed by atoms with van der Waals surface area (Å²) in [7, 11) is 0. The largest absolute Gasteiger partial charge is 0.399 e. The van der Waals surface area contributed by atoms with Crippen molar-refractivity contribution in [2.75, 3.05) is 73.5 Å². The number of hydrogen-bond acceptors (Lipinski definition) is 8. The van der Waals surface area contributed by atoms with E-state index in [0.29, 0.717) is 38.4 Å². The van der Waals surface area contributed by atoms with Crippen LogP contribution in [0.25, 0.3) is 0 Å². The summed E-state index contributed by atoms with van der Waals surface area (Å²) in [4.78, 5) is 3.85. The number of anilines is 4. The van der Waals surface area contributed by atoms with Gasteiger partial charge in [0, 0.05) is 44.1 Å². The van der Waals surface area contributed by atoms with Crippen molar-refractivity contribution in [2.45, 2.75) is 6.54 Å². The number of aliphatic hydroxyl groups excluding tert-OH is 4. The lowest BCUT2D eigenvalue weighted by Crippen LogP contribution is -2.31. The zero-order valence-electron chi connectivity index (χ0n) is 16.7. The van der Waals surface area contributed by atoms with Gasteiger partial charge in [-0.25, -0.2) is 0 Å². The Morgan fingerprint density at radius 3 is 1.86 bits per heavy atom. The summed E-state index contributed by atoms with van der Waals surface area (Å²) < 4.78 is 0. The van der Waals surface area contributed by atoms with Crippen LogP contribution >= 0.6 is 0 Å². The van der Waals surface area contributed by atoms with Gasteiger partial charge in [-0.15, -0.1) is 0 Å². The Bertz CT molecular complexity index is 732. The first kappa shape index (κ1) is 22.8. The minimum absolute atomic E-state index is 0.00895. The molecule has 0 radical (unpaired) electrons. The molecule has 160 valence electrons. The molecule has 8 nitrogen and oxygen atoms in total. The summed E-state index contributed by atoms with van der Waals surface area (Å²) in [6.45, 7) is 2.10. The molecule has 29 heavy (non-hydrogen) atoms. The third-order valence-corrected chi connectivity index (χ3v) is 4.64. The third-order valence-electron chi connectivity index (χ3n) is 4.64. The Labute approximate surface area is 171 Å². The maximum absolute atomic E-state index is 9.37. The SMILES string of the molecule is Nc1ccc(N(CCO)CCO)c(CNc2ccccc2N(CCO)CCO)c1. The number of benzene rings is 2. The van der Waals surface area contributed by atoms with Gasteiger partial charge in [-0.3, -0.25) is 0 Å². The minimum atomic E-state index is -0.0165. The molecule has 0 fully saturated rings. The van der Waals surface area contributed by atoms with E-state index in [1.54, 1.807) is 6.07 Å². The second-order valence-corrected chi connectivity index (χ2v) is 6.63. The highest BCUT2D eigenvalue weighted by molar-refractivity contribution is 5.71. The lowest BCUT2D eigenvalue weighted by molar-refractivity contribution is 0.280. The highest BCUT2D eigenvalue weighted by atomic mass is 16.3. The van der Waals surface area contributed by atoms with Crippen molar-refractivity contribution in [3.8, 4) is 0 Å². The van der Waals surface area contributed by atoms with Gasteiger partial charge < -0.3 is 41.3 Å². The third kappa shape index (κ3) is 6.50. The fourth-order valence-corrected chi connectivity index (χ4v) is 3.33. The Balaban J connectivity index is 2.27. The van der Waals surface area contributed by atoms with Gasteiger partial charge in [0.2, 0.25) is 0 Å². The average Bonchev–Trinajstić information content (AvgIpc) is 2.72. The second-order valence-electron chi connectivity index (χ2n) is 6.63. The number of rotatable bonds is 13. The molecule has 0 aromatic heterocycles. The fourth-order valence-electron chi connectivity index (χ4n) is 3.33. The molecular weight excluding hydrogens is 372 g/mol. The van der Waals surface area contributed by atoms with Gasteiger partial charge in [0.15, 0.2) is 0 Å². The molecule has 0 unspecified atom stereocenters. The van der Waals surface area contributed by atoms with E-state index in [2.05, 4.69) is 5.32 Å². The number of nitrogen functional groups attached to an aromatic ring is 1.